The molecule has 1 fully saturated rings. The number of likely N-dealkylation sites (tertiary alicyclic amines) is 1. The summed E-state index contributed by atoms with van der Waals surface area (Å²) in [6.07, 6.45) is -4.12. The highest BCUT2D eigenvalue weighted by Crippen LogP contribution is 2.24. The van der Waals surface area contributed by atoms with Crippen molar-refractivity contribution in [3.63, 3.8) is 0 Å². The summed E-state index contributed by atoms with van der Waals surface area (Å²) >= 11 is 5.53. The van der Waals surface area contributed by atoms with Crippen molar-refractivity contribution in [2.75, 3.05) is 19.6 Å². The van der Waals surface area contributed by atoms with E-state index in [1.54, 1.807) is 0 Å². The van der Waals surface area contributed by atoms with E-state index in [4.69, 9.17) is 11.6 Å². The Morgan fingerprint density at radius 1 is 1.36 bits per heavy atom. The van der Waals surface area contributed by atoms with Crippen LogP contribution < -0.4 is 4.72 Å². The molecule has 124 valence electrons. The second kappa shape index (κ2) is 6.31. The topological polar surface area (TPSA) is 49.4 Å². The lowest BCUT2D eigenvalue weighted by molar-refractivity contribution is -0.143. The van der Waals surface area contributed by atoms with Gasteiger partial charge in [-0.2, -0.15) is 13.2 Å². The third-order valence-corrected chi connectivity index (χ3v) is 5.03. The molecule has 1 atom stereocenters. The normalized spacial score (nSPS) is 20.5. The van der Waals surface area contributed by atoms with Crippen molar-refractivity contribution >= 4 is 21.6 Å². The minimum Gasteiger partial charge on any atom is -0.293 e. The molecule has 2 rings (SSSR count). The van der Waals surface area contributed by atoms with Gasteiger partial charge in [0, 0.05) is 19.1 Å². The Kier molecular flexibility index (Phi) is 5.00. The number of benzene rings is 1. The fraction of sp³-hybridized carbons (Fsp3) is 0.500. The number of nitrogens with one attached hydrogen (secondary N) is 1. The van der Waals surface area contributed by atoms with E-state index < -0.39 is 39.5 Å². The van der Waals surface area contributed by atoms with Crippen LogP contribution in [0.15, 0.2) is 23.1 Å². The molecule has 1 aliphatic rings. The van der Waals surface area contributed by atoms with Gasteiger partial charge in [0.05, 0.1) is 11.6 Å². The molecular weight excluding hydrogens is 348 g/mol. The first-order chi connectivity index (χ1) is 10.1. The van der Waals surface area contributed by atoms with Gasteiger partial charge in [-0.25, -0.2) is 17.5 Å². The van der Waals surface area contributed by atoms with Crippen molar-refractivity contribution in [1.29, 1.82) is 0 Å². The Morgan fingerprint density at radius 3 is 2.68 bits per heavy atom. The van der Waals surface area contributed by atoms with Crippen molar-refractivity contribution in [1.82, 2.24) is 9.62 Å². The molecular formula is C12H13ClF4N2O2S. The minimum atomic E-state index is -4.34. The maximum Gasteiger partial charge on any atom is 0.401 e. The first kappa shape index (κ1) is 17.5. The fourth-order valence-corrected chi connectivity index (χ4v) is 3.89. The number of nitrogens with zero attached hydrogens (tertiary/aromatic N) is 1. The van der Waals surface area contributed by atoms with E-state index in [1.807, 2.05) is 0 Å². The van der Waals surface area contributed by atoms with Gasteiger partial charge >= 0.3 is 6.18 Å². The van der Waals surface area contributed by atoms with Crippen LogP contribution >= 0.6 is 11.6 Å². The molecule has 4 nitrogen and oxygen atoms in total. The standard InChI is InChI=1S/C12H13ClF4N2O2S/c13-9-2-1-3-10(11(9)14)22(20,21)18-8-4-5-19(6-8)7-12(15,16)17/h1-3,8,18H,4-7H2. The van der Waals surface area contributed by atoms with Crippen molar-refractivity contribution in [3.05, 3.63) is 29.0 Å². The van der Waals surface area contributed by atoms with E-state index in [0.29, 0.717) is 0 Å². The lowest BCUT2D eigenvalue weighted by atomic mass is 10.3. The van der Waals surface area contributed by atoms with Crippen LogP contribution in [0.3, 0.4) is 0 Å². The van der Waals surface area contributed by atoms with Crippen molar-refractivity contribution < 1.29 is 26.0 Å². The minimum absolute atomic E-state index is 0.0824. The number of halogens is 5. The summed E-state index contributed by atoms with van der Waals surface area (Å²) in [6.45, 7) is -1.07. The van der Waals surface area contributed by atoms with E-state index in [2.05, 4.69) is 4.72 Å². The smallest absolute Gasteiger partial charge is 0.293 e. The van der Waals surface area contributed by atoms with Crippen LogP contribution in [0, 0.1) is 5.82 Å². The van der Waals surface area contributed by atoms with Crippen molar-refractivity contribution in [2.45, 2.75) is 23.5 Å². The molecule has 0 aliphatic carbocycles. The zero-order valence-electron chi connectivity index (χ0n) is 11.2. The van der Waals surface area contributed by atoms with Crippen LogP contribution in [-0.4, -0.2) is 45.2 Å². The molecule has 0 bridgehead atoms. The monoisotopic (exact) mass is 360 g/mol. The second-order valence-electron chi connectivity index (χ2n) is 5.01. The lowest BCUT2D eigenvalue weighted by Gasteiger charge is -2.18. The number of rotatable bonds is 4. The Bertz CT molecular complexity index is 651. The Morgan fingerprint density at radius 2 is 2.05 bits per heavy atom. The number of alkyl halides is 3. The third kappa shape index (κ3) is 4.31. The van der Waals surface area contributed by atoms with E-state index >= 15 is 0 Å². The highest BCUT2D eigenvalue weighted by atomic mass is 35.5. The molecule has 10 heteroatoms. The molecule has 1 unspecified atom stereocenters. The largest absolute Gasteiger partial charge is 0.401 e. The third-order valence-electron chi connectivity index (χ3n) is 3.20. The van der Waals surface area contributed by atoms with E-state index in [0.717, 1.165) is 11.0 Å². The summed E-state index contributed by atoms with van der Waals surface area (Å²) in [6, 6.07) is 2.83. The summed E-state index contributed by atoms with van der Waals surface area (Å²) in [4.78, 5) is 0.482. The molecule has 0 radical (unpaired) electrons. The number of hydrogen-bond acceptors (Lipinski definition) is 3. The van der Waals surface area contributed by atoms with Gasteiger partial charge in [0.2, 0.25) is 10.0 Å². The lowest BCUT2D eigenvalue weighted by Crippen LogP contribution is -2.39. The van der Waals surface area contributed by atoms with Gasteiger partial charge in [0.15, 0.2) is 5.82 Å². The van der Waals surface area contributed by atoms with Crippen LogP contribution in [-0.2, 0) is 10.0 Å². The van der Waals surface area contributed by atoms with Gasteiger partial charge < -0.3 is 0 Å². The molecule has 0 spiro atoms. The predicted octanol–water partition coefficient (Wildman–Crippen LogP) is 2.39. The number of sulfonamides is 1. The summed E-state index contributed by atoms with van der Waals surface area (Å²) in [5, 5.41) is -0.340. The highest BCUT2D eigenvalue weighted by Gasteiger charge is 2.36. The zero-order valence-corrected chi connectivity index (χ0v) is 12.8. The zero-order chi connectivity index (χ0) is 16.5. The first-order valence-electron chi connectivity index (χ1n) is 6.34. The van der Waals surface area contributed by atoms with E-state index in [-0.39, 0.29) is 24.5 Å². The fourth-order valence-electron chi connectivity index (χ4n) is 2.30. The van der Waals surface area contributed by atoms with Crippen LogP contribution in [0.25, 0.3) is 0 Å². The Balaban J connectivity index is 2.06. The summed E-state index contributed by atoms with van der Waals surface area (Å²) in [5.74, 6) is -1.08. The molecule has 0 amide bonds. The van der Waals surface area contributed by atoms with Gasteiger partial charge in [-0.3, -0.25) is 4.90 Å². The van der Waals surface area contributed by atoms with Crippen molar-refractivity contribution in [2.24, 2.45) is 0 Å². The van der Waals surface area contributed by atoms with Crippen LogP contribution in [0.2, 0.25) is 5.02 Å². The quantitative estimate of drug-likeness (QED) is 0.839. The summed E-state index contributed by atoms with van der Waals surface area (Å²) in [7, 11) is -4.18. The average molecular weight is 361 g/mol. The van der Waals surface area contributed by atoms with E-state index in [9.17, 15) is 26.0 Å². The van der Waals surface area contributed by atoms with Gasteiger partial charge in [0.25, 0.3) is 0 Å². The van der Waals surface area contributed by atoms with E-state index in [1.165, 1.54) is 12.1 Å². The molecule has 1 saturated heterocycles. The molecule has 1 N–H and O–H groups in total. The SMILES string of the molecule is O=S(=O)(NC1CCN(CC(F)(F)F)C1)c1cccc(Cl)c1F. The summed E-state index contributed by atoms with van der Waals surface area (Å²) < 4.78 is 77.1. The first-order valence-corrected chi connectivity index (χ1v) is 8.20. The molecule has 1 aromatic carbocycles. The Hall–Kier alpha value is -0.900. The average Bonchev–Trinajstić information content (AvgIpc) is 2.76. The maximum atomic E-state index is 13.8. The number of hydrogen-bond donors (Lipinski definition) is 1. The molecule has 0 aromatic heterocycles. The molecule has 1 aromatic rings. The van der Waals surface area contributed by atoms with Crippen LogP contribution in [0.4, 0.5) is 17.6 Å². The van der Waals surface area contributed by atoms with Gasteiger partial charge in [-0.05, 0) is 18.6 Å². The van der Waals surface area contributed by atoms with Gasteiger partial charge in [-0.15, -0.1) is 0 Å². The van der Waals surface area contributed by atoms with Gasteiger partial charge in [-0.1, -0.05) is 17.7 Å². The van der Waals surface area contributed by atoms with Crippen LogP contribution in [0.1, 0.15) is 6.42 Å². The summed E-state index contributed by atoms with van der Waals surface area (Å²) in [5.41, 5.74) is 0. The van der Waals surface area contributed by atoms with Crippen LogP contribution in [0.5, 0.6) is 0 Å². The molecule has 1 heterocycles. The Labute approximate surface area is 130 Å². The molecule has 0 saturated carbocycles. The molecule has 22 heavy (non-hydrogen) atoms. The van der Waals surface area contributed by atoms with Gasteiger partial charge in [0.1, 0.15) is 4.90 Å². The van der Waals surface area contributed by atoms with Crippen molar-refractivity contribution in [3.8, 4) is 0 Å². The second-order valence-corrected chi connectivity index (χ2v) is 7.10. The molecule has 1 aliphatic heterocycles. The highest BCUT2D eigenvalue weighted by molar-refractivity contribution is 7.89. The maximum absolute atomic E-state index is 13.8. The predicted molar refractivity (Wildman–Crippen MR) is 72.6 cm³/mol.